The summed E-state index contributed by atoms with van der Waals surface area (Å²) in [5.41, 5.74) is 0.526. The highest BCUT2D eigenvalue weighted by molar-refractivity contribution is 7.92. The van der Waals surface area contributed by atoms with Gasteiger partial charge in [0.15, 0.2) is 9.84 Å². The average molecular weight is 257 g/mol. The van der Waals surface area contributed by atoms with E-state index in [0.717, 1.165) is 0 Å². The first-order valence-electron chi connectivity index (χ1n) is 5.36. The first kappa shape index (κ1) is 14.2. The molecule has 5 heteroatoms. The maximum Gasteiger partial charge on any atom is 0.183 e. The lowest BCUT2D eigenvalue weighted by Gasteiger charge is -2.33. The van der Waals surface area contributed by atoms with Crippen LogP contribution in [0.15, 0.2) is 29.2 Å². The lowest BCUT2D eigenvalue weighted by atomic mass is 10.3. The first-order valence-corrected chi connectivity index (χ1v) is 6.85. The molecule has 0 radical (unpaired) electrons. The van der Waals surface area contributed by atoms with Gasteiger partial charge in [-0.25, -0.2) is 8.42 Å². The fraction of sp³-hybridized carbons (Fsp3) is 0.500. The van der Waals surface area contributed by atoms with E-state index in [-0.39, 0.29) is 4.90 Å². The second-order valence-corrected chi connectivity index (χ2v) is 8.16. The van der Waals surface area contributed by atoms with Gasteiger partial charge in [0.05, 0.1) is 23.7 Å². The molecule has 0 saturated carbocycles. The van der Waals surface area contributed by atoms with Gasteiger partial charge in [-0.2, -0.15) is 0 Å². The van der Waals surface area contributed by atoms with Crippen LogP contribution in [0.25, 0.3) is 0 Å². The van der Waals surface area contributed by atoms with Crippen LogP contribution in [-0.2, 0) is 9.84 Å². The first-order chi connectivity index (χ1) is 7.46. The summed E-state index contributed by atoms with van der Waals surface area (Å²) in [7, 11) is -0.361. The molecule has 0 amide bonds. The minimum atomic E-state index is -3.35. The van der Waals surface area contributed by atoms with E-state index in [1.165, 1.54) is 26.2 Å². The summed E-state index contributed by atoms with van der Waals surface area (Å²) in [6.07, 6.45) is 0. The third-order valence-corrected chi connectivity index (χ3v) is 5.08. The molecule has 0 bridgehead atoms. The van der Waals surface area contributed by atoms with Crippen LogP contribution >= 0.6 is 0 Å². The molecule has 1 aromatic carbocycles. The van der Waals surface area contributed by atoms with Crippen LogP contribution in [0.1, 0.15) is 20.8 Å². The van der Waals surface area contributed by atoms with Gasteiger partial charge in [0.2, 0.25) is 0 Å². The minimum Gasteiger partial charge on any atom is -0.628 e. The molecule has 0 atom stereocenters. The van der Waals surface area contributed by atoms with Crippen molar-refractivity contribution in [2.24, 2.45) is 0 Å². The maximum absolute atomic E-state index is 12.1. The largest absolute Gasteiger partial charge is 0.628 e. The van der Waals surface area contributed by atoms with Crippen LogP contribution in [0.4, 0.5) is 5.69 Å². The summed E-state index contributed by atoms with van der Waals surface area (Å²) in [4.78, 5) is 0.252. The summed E-state index contributed by atoms with van der Waals surface area (Å²) >= 11 is 0. The van der Waals surface area contributed by atoms with Crippen molar-refractivity contribution in [3.63, 3.8) is 0 Å². The number of nitrogens with zero attached hydrogens (tertiary/aromatic N) is 1. The van der Waals surface area contributed by atoms with Crippen molar-refractivity contribution in [2.75, 3.05) is 14.1 Å². The van der Waals surface area contributed by atoms with E-state index in [0.29, 0.717) is 5.69 Å². The molecule has 17 heavy (non-hydrogen) atoms. The molecule has 0 aliphatic carbocycles. The van der Waals surface area contributed by atoms with Crippen LogP contribution < -0.4 is 4.65 Å². The second-order valence-electron chi connectivity index (χ2n) is 5.46. The molecule has 0 unspecified atom stereocenters. The topological polar surface area (TPSA) is 57.2 Å². The number of hydroxylamine groups is 2. The fourth-order valence-electron chi connectivity index (χ4n) is 1.34. The zero-order valence-corrected chi connectivity index (χ0v) is 11.7. The Morgan fingerprint density at radius 2 is 1.47 bits per heavy atom. The van der Waals surface area contributed by atoms with Gasteiger partial charge in [0, 0.05) is 12.1 Å². The van der Waals surface area contributed by atoms with E-state index in [1.54, 1.807) is 32.9 Å². The van der Waals surface area contributed by atoms with Crippen LogP contribution in [-0.4, -0.2) is 27.3 Å². The SMILES string of the molecule is CC(C)(C)S(=O)(=O)c1ccc([N+](C)(C)[O-])cc1. The highest BCUT2D eigenvalue weighted by Crippen LogP contribution is 2.27. The fourth-order valence-corrected chi connectivity index (χ4v) is 2.54. The number of hydrogen-bond donors (Lipinski definition) is 0. The predicted molar refractivity (Wildman–Crippen MR) is 70.4 cm³/mol. The Kier molecular flexibility index (Phi) is 3.40. The summed E-state index contributed by atoms with van der Waals surface area (Å²) in [6.45, 7) is 4.97. The zero-order chi connectivity index (χ0) is 13.5. The summed E-state index contributed by atoms with van der Waals surface area (Å²) in [6, 6.07) is 6.11. The number of quaternary nitrogens is 1. The van der Waals surface area contributed by atoms with Crippen LogP contribution in [0.3, 0.4) is 0 Å². The predicted octanol–water partition coefficient (Wildman–Crippen LogP) is 2.32. The van der Waals surface area contributed by atoms with E-state index in [4.69, 9.17) is 0 Å². The molecule has 0 fully saturated rings. The van der Waals surface area contributed by atoms with Gasteiger partial charge >= 0.3 is 0 Å². The van der Waals surface area contributed by atoms with E-state index >= 15 is 0 Å². The minimum absolute atomic E-state index is 0.252. The molecule has 0 N–H and O–H groups in total. The van der Waals surface area contributed by atoms with Crippen LogP contribution in [0, 0.1) is 5.21 Å². The standard InChI is InChI=1S/C12H19NO3S/c1-12(2,3)17(15,16)11-8-6-10(7-9-11)13(4,5)14/h6-9H,1-5H3. The van der Waals surface area contributed by atoms with E-state index in [2.05, 4.69) is 0 Å². The molecule has 0 saturated heterocycles. The molecule has 0 heterocycles. The third-order valence-electron chi connectivity index (χ3n) is 2.58. The Balaban J connectivity index is 3.22. The van der Waals surface area contributed by atoms with Crippen molar-refractivity contribution < 1.29 is 8.42 Å². The van der Waals surface area contributed by atoms with Gasteiger partial charge in [0.1, 0.15) is 5.69 Å². The number of sulfone groups is 1. The second kappa shape index (κ2) is 4.08. The Bertz CT molecular complexity index is 490. The summed E-state index contributed by atoms with van der Waals surface area (Å²) < 4.78 is 22.9. The highest BCUT2D eigenvalue weighted by atomic mass is 32.2. The Hall–Kier alpha value is -0.910. The van der Waals surface area contributed by atoms with Gasteiger partial charge in [-0.1, -0.05) is 0 Å². The van der Waals surface area contributed by atoms with E-state index in [1.807, 2.05) is 0 Å². The highest BCUT2D eigenvalue weighted by Gasteiger charge is 2.30. The lowest BCUT2D eigenvalue weighted by Crippen LogP contribution is -2.32. The molecule has 0 aliphatic rings. The molecular formula is C12H19NO3S. The van der Waals surface area contributed by atoms with Gasteiger partial charge in [0.25, 0.3) is 0 Å². The Labute approximate surface area is 103 Å². The quantitative estimate of drug-likeness (QED) is 0.603. The third kappa shape index (κ3) is 2.86. The molecule has 0 spiro atoms. The van der Waals surface area contributed by atoms with Crippen molar-refractivity contribution in [3.8, 4) is 0 Å². The summed E-state index contributed by atoms with van der Waals surface area (Å²) in [5, 5.41) is 11.7. The lowest BCUT2D eigenvalue weighted by molar-refractivity contribution is 0.541. The molecule has 96 valence electrons. The molecule has 1 rings (SSSR count). The smallest absolute Gasteiger partial charge is 0.183 e. The molecule has 0 aliphatic heterocycles. The molecule has 0 aromatic heterocycles. The van der Waals surface area contributed by atoms with Crippen molar-refractivity contribution in [2.45, 2.75) is 30.4 Å². The normalized spacial score (nSPS) is 13.8. The summed E-state index contributed by atoms with van der Waals surface area (Å²) in [5.74, 6) is 0. The van der Waals surface area contributed by atoms with Crippen molar-refractivity contribution in [3.05, 3.63) is 29.5 Å². The molecular weight excluding hydrogens is 238 g/mol. The molecule has 4 nitrogen and oxygen atoms in total. The monoisotopic (exact) mass is 257 g/mol. The molecule has 1 aromatic rings. The van der Waals surface area contributed by atoms with Crippen molar-refractivity contribution in [1.82, 2.24) is 4.65 Å². The number of rotatable bonds is 2. The van der Waals surface area contributed by atoms with E-state index < -0.39 is 19.2 Å². The number of benzene rings is 1. The van der Waals surface area contributed by atoms with Gasteiger partial charge in [-0.3, -0.25) is 0 Å². The van der Waals surface area contributed by atoms with Gasteiger partial charge in [-0.15, -0.1) is 0 Å². The van der Waals surface area contributed by atoms with Crippen molar-refractivity contribution in [1.29, 1.82) is 0 Å². The van der Waals surface area contributed by atoms with Gasteiger partial charge in [-0.05, 0) is 32.9 Å². The Morgan fingerprint density at radius 1 is 1.06 bits per heavy atom. The average Bonchev–Trinajstić information content (AvgIpc) is 2.15. The van der Waals surface area contributed by atoms with E-state index in [9.17, 15) is 13.6 Å². The number of hydrogen-bond acceptors (Lipinski definition) is 3. The van der Waals surface area contributed by atoms with Crippen LogP contribution in [0.5, 0.6) is 0 Å². The van der Waals surface area contributed by atoms with Crippen LogP contribution in [0.2, 0.25) is 0 Å². The Morgan fingerprint density at radius 3 is 1.76 bits per heavy atom. The van der Waals surface area contributed by atoms with Crippen molar-refractivity contribution >= 4 is 15.5 Å². The maximum atomic E-state index is 12.1. The van der Waals surface area contributed by atoms with Gasteiger partial charge < -0.3 is 9.85 Å². The zero-order valence-electron chi connectivity index (χ0n) is 10.9.